The summed E-state index contributed by atoms with van der Waals surface area (Å²) < 4.78 is 5.44. The summed E-state index contributed by atoms with van der Waals surface area (Å²) in [5.41, 5.74) is 1.29. The van der Waals surface area contributed by atoms with Crippen LogP contribution in [0.15, 0.2) is 42.5 Å². The second-order valence-electron chi connectivity index (χ2n) is 4.28. The van der Waals surface area contributed by atoms with Crippen LogP contribution in [0.4, 0.5) is 0 Å². The van der Waals surface area contributed by atoms with E-state index < -0.39 is 0 Å². The molecule has 2 unspecified atom stereocenters. The second-order valence-corrected chi connectivity index (χ2v) is 4.28. The monoisotopic (exact) mass is 229 g/mol. The molecular formula is C15H19NO. The Balaban J connectivity index is 2.53. The fourth-order valence-electron chi connectivity index (χ4n) is 2.30. The molecule has 0 aliphatic rings. The molecule has 0 spiro atoms. The molecule has 0 radical (unpaired) electrons. The van der Waals surface area contributed by atoms with Crippen LogP contribution in [0.5, 0.6) is 0 Å². The van der Waals surface area contributed by atoms with Crippen molar-refractivity contribution in [1.82, 2.24) is 5.32 Å². The summed E-state index contributed by atoms with van der Waals surface area (Å²) >= 11 is 0. The Kier molecular flexibility index (Phi) is 3.77. The normalized spacial score (nSPS) is 14.8. The molecule has 0 heterocycles. The summed E-state index contributed by atoms with van der Waals surface area (Å²) in [5, 5.41) is 5.90. The predicted molar refractivity (Wildman–Crippen MR) is 72.2 cm³/mol. The molecule has 2 aromatic carbocycles. The van der Waals surface area contributed by atoms with Crippen molar-refractivity contribution in [3.63, 3.8) is 0 Å². The smallest absolute Gasteiger partial charge is 0.0738 e. The molecule has 0 aliphatic heterocycles. The first-order valence-corrected chi connectivity index (χ1v) is 5.95. The Morgan fingerprint density at radius 1 is 1.06 bits per heavy atom. The number of nitrogens with one attached hydrogen (secondary N) is 1. The molecule has 0 amide bonds. The molecule has 2 nitrogen and oxygen atoms in total. The summed E-state index contributed by atoms with van der Waals surface area (Å²) in [6, 6.07) is 15.1. The number of likely N-dealkylation sites (N-methyl/N-ethyl adjacent to an activating group) is 1. The summed E-state index contributed by atoms with van der Waals surface area (Å²) in [5.74, 6) is 0. The highest BCUT2D eigenvalue weighted by molar-refractivity contribution is 5.86. The van der Waals surface area contributed by atoms with Crippen molar-refractivity contribution in [2.24, 2.45) is 0 Å². The van der Waals surface area contributed by atoms with Gasteiger partial charge in [0, 0.05) is 7.11 Å². The molecule has 0 aliphatic carbocycles. The molecule has 0 bridgehead atoms. The van der Waals surface area contributed by atoms with E-state index >= 15 is 0 Å². The molecule has 2 aromatic rings. The lowest BCUT2D eigenvalue weighted by molar-refractivity contribution is 0.0861. The predicted octanol–water partition coefficient (Wildman–Crippen LogP) is 3.14. The zero-order chi connectivity index (χ0) is 12.3. The van der Waals surface area contributed by atoms with Crippen LogP contribution in [-0.2, 0) is 4.74 Å². The minimum absolute atomic E-state index is 0.144. The molecule has 2 rings (SSSR count). The number of fused-ring (bicyclic) bond motifs is 1. The fraction of sp³-hybridized carbons (Fsp3) is 0.333. The number of hydrogen-bond donors (Lipinski definition) is 1. The van der Waals surface area contributed by atoms with Gasteiger partial charge in [0.15, 0.2) is 0 Å². The largest absolute Gasteiger partial charge is 0.380 e. The van der Waals surface area contributed by atoms with Crippen LogP contribution in [0.3, 0.4) is 0 Å². The number of methoxy groups -OCH3 is 1. The third kappa shape index (κ3) is 2.33. The molecule has 90 valence electrons. The van der Waals surface area contributed by atoms with Gasteiger partial charge in [-0.2, -0.15) is 0 Å². The second kappa shape index (κ2) is 5.30. The molecule has 1 N–H and O–H groups in total. The van der Waals surface area contributed by atoms with Gasteiger partial charge in [0.2, 0.25) is 0 Å². The van der Waals surface area contributed by atoms with Crippen molar-refractivity contribution in [2.75, 3.05) is 14.2 Å². The molecule has 0 fully saturated rings. The van der Waals surface area contributed by atoms with Crippen molar-refractivity contribution < 1.29 is 4.74 Å². The van der Waals surface area contributed by atoms with Crippen molar-refractivity contribution in [1.29, 1.82) is 0 Å². The lowest BCUT2D eigenvalue weighted by Crippen LogP contribution is -2.28. The maximum absolute atomic E-state index is 5.44. The minimum Gasteiger partial charge on any atom is -0.380 e. The number of rotatable bonds is 4. The topological polar surface area (TPSA) is 21.3 Å². The molecule has 0 saturated heterocycles. The SMILES string of the molecule is CNC(c1cccc2ccccc12)C(C)OC. The third-order valence-corrected chi connectivity index (χ3v) is 3.31. The quantitative estimate of drug-likeness (QED) is 0.869. The van der Waals surface area contributed by atoms with Crippen LogP contribution in [-0.4, -0.2) is 20.3 Å². The maximum atomic E-state index is 5.44. The van der Waals surface area contributed by atoms with Crippen LogP contribution in [0.1, 0.15) is 18.5 Å². The zero-order valence-corrected chi connectivity index (χ0v) is 10.6. The van der Waals surface area contributed by atoms with E-state index in [-0.39, 0.29) is 12.1 Å². The van der Waals surface area contributed by atoms with Crippen LogP contribution in [0.2, 0.25) is 0 Å². The minimum atomic E-state index is 0.144. The van der Waals surface area contributed by atoms with Gasteiger partial charge in [0.1, 0.15) is 0 Å². The Morgan fingerprint density at radius 3 is 2.47 bits per heavy atom. The fourth-order valence-corrected chi connectivity index (χ4v) is 2.30. The molecule has 2 atom stereocenters. The van der Waals surface area contributed by atoms with Crippen molar-refractivity contribution in [3.8, 4) is 0 Å². The Morgan fingerprint density at radius 2 is 1.76 bits per heavy atom. The van der Waals surface area contributed by atoms with Crippen LogP contribution in [0, 0.1) is 0 Å². The third-order valence-electron chi connectivity index (χ3n) is 3.31. The Labute approximate surface area is 103 Å². The highest BCUT2D eigenvalue weighted by atomic mass is 16.5. The van der Waals surface area contributed by atoms with E-state index in [0.717, 1.165) is 0 Å². The molecule has 0 saturated carbocycles. The average molecular weight is 229 g/mol. The van der Waals surface area contributed by atoms with Crippen LogP contribution < -0.4 is 5.32 Å². The summed E-state index contributed by atoms with van der Waals surface area (Å²) in [6.45, 7) is 2.09. The Bertz CT molecular complexity index is 490. The van der Waals surface area contributed by atoms with E-state index in [1.807, 2.05) is 7.05 Å². The van der Waals surface area contributed by atoms with Gasteiger partial charge in [-0.15, -0.1) is 0 Å². The van der Waals surface area contributed by atoms with E-state index in [4.69, 9.17) is 4.74 Å². The van der Waals surface area contributed by atoms with E-state index in [0.29, 0.717) is 0 Å². The highest BCUT2D eigenvalue weighted by Gasteiger charge is 2.18. The van der Waals surface area contributed by atoms with E-state index in [1.165, 1.54) is 16.3 Å². The number of hydrogen-bond acceptors (Lipinski definition) is 2. The number of benzene rings is 2. The lowest BCUT2D eigenvalue weighted by Gasteiger charge is -2.24. The van der Waals surface area contributed by atoms with Crippen molar-refractivity contribution in [3.05, 3.63) is 48.0 Å². The molecule has 17 heavy (non-hydrogen) atoms. The van der Waals surface area contributed by atoms with Crippen LogP contribution in [0.25, 0.3) is 10.8 Å². The highest BCUT2D eigenvalue weighted by Crippen LogP contribution is 2.26. The molecular weight excluding hydrogens is 210 g/mol. The van der Waals surface area contributed by atoms with Gasteiger partial charge in [0.05, 0.1) is 12.1 Å². The first-order chi connectivity index (χ1) is 8.27. The van der Waals surface area contributed by atoms with Gasteiger partial charge in [-0.1, -0.05) is 42.5 Å². The Hall–Kier alpha value is -1.38. The summed E-state index contributed by atoms with van der Waals surface area (Å²) in [4.78, 5) is 0. The van der Waals surface area contributed by atoms with Gasteiger partial charge >= 0.3 is 0 Å². The molecule has 2 heteroatoms. The van der Waals surface area contributed by atoms with Crippen molar-refractivity contribution in [2.45, 2.75) is 19.1 Å². The summed E-state index contributed by atoms with van der Waals surface area (Å²) in [7, 11) is 3.72. The molecule has 0 aromatic heterocycles. The number of ether oxygens (including phenoxy) is 1. The maximum Gasteiger partial charge on any atom is 0.0738 e. The van der Waals surface area contributed by atoms with E-state index in [1.54, 1.807) is 7.11 Å². The summed E-state index contributed by atoms with van der Waals surface area (Å²) in [6.07, 6.45) is 0.144. The van der Waals surface area contributed by atoms with E-state index in [2.05, 4.69) is 54.7 Å². The van der Waals surface area contributed by atoms with E-state index in [9.17, 15) is 0 Å². The van der Waals surface area contributed by atoms with Gasteiger partial charge in [-0.05, 0) is 30.3 Å². The van der Waals surface area contributed by atoms with Gasteiger partial charge in [-0.25, -0.2) is 0 Å². The van der Waals surface area contributed by atoms with Crippen LogP contribution >= 0.6 is 0 Å². The van der Waals surface area contributed by atoms with Crippen molar-refractivity contribution >= 4 is 10.8 Å². The lowest BCUT2D eigenvalue weighted by atomic mass is 9.96. The average Bonchev–Trinajstić information content (AvgIpc) is 2.39. The first kappa shape index (κ1) is 12.1. The first-order valence-electron chi connectivity index (χ1n) is 5.95. The zero-order valence-electron chi connectivity index (χ0n) is 10.6. The standard InChI is InChI=1S/C15H19NO/c1-11(17-3)15(16-2)14-10-6-8-12-7-4-5-9-13(12)14/h4-11,15-16H,1-3H3. The van der Waals surface area contributed by atoms with Gasteiger partial charge in [0.25, 0.3) is 0 Å². The van der Waals surface area contributed by atoms with Gasteiger partial charge in [-0.3, -0.25) is 0 Å². The van der Waals surface area contributed by atoms with Gasteiger partial charge < -0.3 is 10.1 Å².